The second-order valence-corrected chi connectivity index (χ2v) is 5.08. The number of hydrogen-bond acceptors (Lipinski definition) is 4. The standard InChI is InChI=1S/C13H18N4O2/c1-13(2,3)17(12(18)19)7-6-15-11-5-4-10(8-14)9-16-11/h4-5,9H,6-7H2,1-3H3,(H,15,16)(H,18,19). The van der Waals surface area contributed by atoms with Gasteiger partial charge in [0.15, 0.2) is 0 Å². The summed E-state index contributed by atoms with van der Waals surface area (Å²) in [6, 6.07) is 5.34. The highest BCUT2D eigenvalue weighted by Crippen LogP contribution is 2.13. The van der Waals surface area contributed by atoms with Crippen LogP contribution in [0.3, 0.4) is 0 Å². The molecule has 0 saturated carbocycles. The minimum Gasteiger partial charge on any atom is -0.465 e. The van der Waals surface area contributed by atoms with E-state index in [-0.39, 0.29) is 0 Å². The van der Waals surface area contributed by atoms with Crippen molar-refractivity contribution in [2.45, 2.75) is 26.3 Å². The second-order valence-electron chi connectivity index (χ2n) is 5.08. The molecule has 102 valence electrons. The lowest BCUT2D eigenvalue weighted by Crippen LogP contribution is -2.47. The summed E-state index contributed by atoms with van der Waals surface area (Å²) in [4.78, 5) is 16.5. The van der Waals surface area contributed by atoms with Crippen molar-refractivity contribution in [1.82, 2.24) is 9.88 Å². The lowest BCUT2D eigenvalue weighted by atomic mass is 10.1. The molecule has 1 rings (SSSR count). The molecule has 0 bridgehead atoms. The van der Waals surface area contributed by atoms with Gasteiger partial charge < -0.3 is 15.3 Å². The molecule has 0 aliphatic carbocycles. The highest BCUT2D eigenvalue weighted by molar-refractivity contribution is 5.66. The number of carboxylic acid groups (broad SMARTS) is 1. The molecule has 6 nitrogen and oxygen atoms in total. The summed E-state index contributed by atoms with van der Waals surface area (Å²) in [7, 11) is 0. The third-order valence-electron chi connectivity index (χ3n) is 2.57. The molecule has 0 aromatic carbocycles. The van der Waals surface area contributed by atoms with Gasteiger partial charge in [-0.3, -0.25) is 0 Å². The maximum atomic E-state index is 11.1. The summed E-state index contributed by atoms with van der Waals surface area (Å²) in [5.74, 6) is 0.623. The molecule has 0 radical (unpaired) electrons. The van der Waals surface area contributed by atoms with Gasteiger partial charge in [0, 0.05) is 24.8 Å². The van der Waals surface area contributed by atoms with Crippen molar-refractivity contribution < 1.29 is 9.90 Å². The molecule has 0 aliphatic heterocycles. The minimum absolute atomic E-state index is 0.362. The fourth-order valence-corrected chi connectivity index (χ4v) is 1.58. The maximum Gasteiger partial charge on any atom is 0.407 e. The van der Waals surface area contributed by atoms with Crippen LogP contribution in [0.15, 0.2) is 18.3 Å². The molecule has 0 fully saturated rings. The first-order valence-corrected chi connectivity index (χ1v) is 5.95. The Hall–Kier alpha value is -2.29. The fraction of sp³-hybridized carbons (Fsp3) is 0.462. The van der Waals surface area contributed by atoms with E-state index in [9.17, 15) is 4.79 Å². The van der Waals surface area contributed by atoms with Crippen molar-refractivity contribution in [2.24, 2.45) is 0 Å². The number of nitrogens with zero attached hydrogens (tertiary/aromatic N) is 3. The number of aromatic nitrogens is 1. The van der Waals surface area contributed by atoms with Crippen molar-refractivity contribution >= 4 is 11.9 Å². The van der Waals surface area contributed by atoms with Gasteiger partial charge in [-0.05, 0) is 32.9 Å². The van der Waals surface area contributed by atoms with Gasteiger partial charge in [-0.15, -0.1) is 0 Å². The third-order valence-corrected chi connectivity index (χ3v) is 2.57. The van der Waals surface area contributed by atoms with E-state index in [2.05, 4.69) is 10.3 Å². The van der Waals surface area contributed by atoms with E-state index in [1.54, 1.807) is 12.1 Å². The lowest BCUT2D eigenvalue weighted by Gasteiger charge is -2.33. The van der Waals surface area contributed by atoms with E-state index in [1.807, 2.05) is 26.8 Å². The van der Waals surface area contributed by atoms with Gasteiger partial charge in [0.1, 0.15) is 11.9 Å². The molecule has 0 unspecified atom stereocenters. The molecule has 0 aliphatic rings. The van der Waals surface area contributed by atoms with Crippen LogP contribution < -0.4 is 5.32 Å². The molecule has 19 heavy (non-hydrogen) atoms. The SMILES string of the molecule is CC(C)(C)N(CCNc1ccc(C#N)cn1)C(=O)O. The number of anilines is 1. The van der Waals surface area contributed by atoms with E-state index >= 15 is 0 Å². The van der Waals surface area contributed by atoms with Crippen LogP contribution in [0.1, 0.15) is 26.3 Å². The molecule has 0 saturated heterocycles. The Balaban J connectivity index is 2.53. The Kier molecular flexibility index (Phi) is 4.70. The fourth-order valence-electron chi connectivity index (χ4n) is 1.58. The Labute approximate surface area is 112 Å². The van der Waals surface area contributed by atoms with Crippen molar-refractivity contribution in [3.8, 4) is 6.07 Å². The first-order chi connectivity index (χ1) is 8.84. The molecule has 2 N–H and O–H groups in total. The quantitative estimate of drug-likeness (QED) is 0.867. The molecular formula is C13H18N4O2. The monoisotopic (exact) mass is 262 g/mol. The number of rotatable bonds is 4. The molecule has 1 amide bonds. The molecule has 0 atom stereocenters. The molecular weight excluding hydrogens is 244 g/mol. The normalized spacial score (nSPS) is 10.6. The van der Waals surface area contributed by atoms with Gasteiger partial charge >= 0.3 is 6.09 Å². The van der Waals surface area contributed by atoms with Crippen LogP contribution in [0, 0.1) is 11.3 Å². The van der Waals surface area contributed by atoms with Crippen LogP contribution >= 0.6 is 0 Å². The Bertz CT molecular complexity index is 471. The van der Waals surface area contributed by atoms with E-state index in [0.717, 1.165) is 0 Å². The van der Waals surface area contributed by atoms with E-state index < -0.39 is 11.6 Å². The molecule has 1 heterocycles. The number of pyridine rings is 1. The number of nitrogens with one attached hydrogen (secondary N) is 1. The topological polar surface area (TPSA) is 89.3 Å². The van der Waals surface area contributed by atoms with Gasteiger partial charge in [0.05, 0.1) is 5.56 Å². The molecule has 1 aromatic heterocycles. The van der Waals surface area contributed by atoms with Crippen LogP contribution in [0.2, 0.25) is 0 Å². The second kappa shape index (κ2) is 6.05. The number of amides is 1. The van der Waals surface area contributed by atoms with Crippen LogP contribution in [-0.4, -0.2) is 39.7 Å². The van der Waals surface area contributed by atoms with E-state index in [1.165, 1.54) is 11.1 Å². The van der Waals surface area contributed by atoms with Crippen molar-refractivity contribution in [3.63, 3.8) is 0 Å². The zero-order valence-corrected chi connectivity index (χ0v) is 11.3. The summed E-state index contributed by atoms with van der Waals surface area (Å²) < 4.78 is 0. The Morgan fingerprint density at radius 2 is 2.21 bits per heavy atom. The number of nitriles is 1. The average molecular weight is 262 g/mol. The van der Waals surface area contributed by atoms with Crippen molar-refractivity contribution in [3.05, 3.63) is 23.9 Å². The number of carbonyl (C=O) groups is 1. The molecule has 0 spiro atoms. The smallest absolute Gasteiger partial charge is 0.407 e. The highest BCUT2D eigenvalue weighted by atomic mass is 16.4. The predicted molar refractivity (Wildman–Crippen MR) is 71.9 cm³/mol. The first kappa shape index (κ1) is 14.8. The van der Waals surface area contributed by atoms with E-state index in [4.69, 9.17) is 10.4 Å². The van der Waals surface area contributed by atoms with Gasteiger partial charge in [0.2, 0.25) is 0 Å². The summed E-state index contributed by atoms with van der Waals surface area (Å²) in [5.41, 5.74) is 0.0541. The average Bonchev–Trinajstić information content (AvgIpc) is 2.33. The highest BCUT2D eigenvalue weighted by Gasteiger charge is 2.25. The first-order valence-electron chi connectivity index (χ1n) is 5.95. The zero-order chi connectivity index (χ0) is 14.5. The summed E-state index contributed by atoms with van der Waals surface area (Å²) in [6.45, 7) is 6.37. The lowest BCUT2D eigenvalue weighted by molar-refractivity contribution is 0.103. The van der Waals surface area contributed by atoms with Crippen molar-refractivity contribution in [2.75, 3.05) is 18.4 Å². The molecule has 6 heteroatoms. The maximum absolute atomic E-state index is 11.1. The largest absolute Gasteiger partial charge is 0.465 e. The predicted octanol–water partition coefficient (Wildman–Crippen LogP) is 2.14. The van der Waals surface area contributed by atoms with Crippen LogP contribution in [0.5, 0.6) is 0 Å². The summed E-state index contributed by atoms with van der Waals surface area (Å²) in [6.07, 6.45) is 0.531. The van der Waals surface area contributed by atoms with Gasteiger partial charge in [-0.2, -0.15) is 5.26 Å². The van der Waals surface area contributed by atoms with Gasteiger partial charge in [-0.1, -0.05) is 0 Å². The zero-order valence-electron chi connectivity index (χ0n) is 11.3. The Morgan fingerprint density at radius 1 is 1.53 bits per heavy atom. The van der Waals surface area contributed by atoms with E-state index in [0.29, 0.717) is 24.5 Å². The third kappa shape index (κ3) is 4.47. The van der Waals surface area contributed by atoms with Crippen molar-refractivity contribution in [1.29, 1.82) is 5.26 Å². The summed E-state index contributed by atoms with van der Waals surface area (Å²) >= 11 is 0. The van der Waals surface area contributed by atoms with Gasteiger partial charge in [-0.25, -0.2) is 9.78 Å². The summed E-state index contributed by atoms with van der Waals surface area (Å²) in [5, 5.41) is 20.8. The Morgan fingerprint density at radius 3 is 2.63 bits per heavy atom. The van der Waals surface area contributed by atoms with Crippen LogP contribution in [0.4, 0.5) is 10.6 Å². The number of hydrogen-bond donors (Lipinski definition) is 2. The van der Waals surface area contributed by atoms with Crippen LogP contribution in [0.25, 0.3) is 0 Å². The van der Waals surface area contributed by atoms with Crippen LogP contribution in [-0.2, 0) is 0 Å². The van der Waals surface area contributed by atoms with Gasteiger partial charge in [0.25, 0.3) is 0 Å². The minimum atomic E-state index is -0.943. The molecule has 1 aromatic rings.